The minimum atomic E-state index is 0.200. The summed E-state index contributed by atoms with van der Waals surface area (Å²) in [6.07, 6.45) is 0.746. The SMILES string of the molecule is COc1cc(CNCCCO)ccc1OCc1ccccc1Cl. The molecule has 0 radical (unpaired) electrons. The van der Waals surface area contributed by atoms with Crippen LogP contribution in [0.15, 0.2) is 42.5 Å². The first-order chi connectivity index (χ1) is 11.2. The number of ether oxygens (including phenoxy) is 2. The van der Waals surface area contributed by atoms with Gasteiger partial charge in [-0.05, 0) is 36.7 Å². The molecule has 0 unspecified atom stereocenters. The van der Waals surface area contributed by atoms with Crippen LogP contribution in [0.4, 0.5) is 0 Å². The molecule has 5 heteroatoms. The van der Waals surface area contributed by atoms with Crippen molar-refractivity contribution >= 4 is 11.6 Å². The van der Waals surface area contributed by atoms with Crippen molar-refractivity contribution in [2.75, 3.05) is 20.3 Å². The summed E-state index contributed by atoms with van der Waals surface area (Å²) in [5.41, 5.74) is 2.04. The Bertz CT molecular complexity index is 619. The van der Waals surface area contributed by atoms with Gasteiger partial charge in [-0.3, -0.25) is 0 Å². The lowest BCUT2D eigenvalue weighted by atomic mass is 10.2. The van der Waals surface area contributed by atoms with Gasteiger partial charge < -0.3 is 19.9 Å². The largest absolute Gasteiger partial charge is 0.493 e. The number of aliphatic hydroxyl groups excluding tert-OH is 1. The van der Waals surface area contributed by atoms with Crippen LogP contribution < -0.4 is 14.8 Å². The van der Waals surface area contributed by atoms with Crippen LogP contribution in [0.5, 0.6) is 11.5 Å². The van der Waals surface area contributed by atoms with Crippen LogP contribution in [0.1, 0.15) is 17.5 Å². The van der Waals surface area contributed by atoms with E-state index in [-0.39, 0.29) is 6.61 Å². The summed E-state index contributed by atoms with van der Waals surface area (Å²) in [5.74, 6) is 1.38. The molecule has 0 aromatic heterocycles. The molecule has 0 saturated carbocycles. The molecule has 0 aliphatic carbocycles. The van der Waals surface area contributed by atoms with E-state index in [0.717, 1.165) is 30.6 Å². The Morgan fingerprint density at radius 2 is 1.96 bits per heavy atom. The molecule has 2 aromatic carbocycles. The van der Waals surface area contributed by atoms with Gasteiger partial charge in [-0.15, -0.1) is 0 Å². The Hall–Kier alpha value is -1.75. The van der Waals surface area contributed by atoms with Crippen LogP contribution >= 0.6 is 11.6 Å². The minimum Gasteiger partial charge on any atom is -0.493 e. The number of halogens is 1. The van der Waals surface area contributed by atoms with E-state index in [1.165, 1.54) is 0 Å². The molecule has 0 aliphatic heterocycles. The summed E-state index contributed by atoms with van der Waals surface area (Å²) >= 11 is 6.13. The number of hydrogen-bond acceptors (Lipinski definition) is 4. The van der Waals surface area contributed by atoms with Crippen molar-refractivity contribution in [2.24, 2.45) is 0 Å². The number of rotatable bonds is 9. The van der Waals surface area contributed by atoms with Gasteiger partial charge in [0, 0.05) is 23.7 Å². The zero-order chi connectivity index (χ0) is 16.5. The van der Waals surface area contributed by atoms with E-state index in [1.807, 2.05) is 42.5 Å². The highest BCUT2D eigenvalue weighted by atomic mass is 35.5. The number of hydrogen-bond donors (Lipinski definition) is 2. The number of aliphatic hydroxyl groups is 1. The Morgan fingerprint density at radius 1 is 1.13 bits per heavy atom. The Balaban J connectivity index is 1.97. The molecule has 0 bridgehead atoms. The van der Waals surface area contributed by atoms with Gasteiger partial charge in [0.05, 0.1) is 7.11 Å². The van der Waals surface area contributed by atoms with Crippen LogP contribution in [-0.2, 0) is 13.2 Å². The van der Waals surface area contributed by atoms with Crippen molar-refractivity contribution in [1.82, 2.24) is 5.32 Å². The molecule has 0 aliphatic rings. The van der Waals surface area contributed by atoms with E-state index in [1.54, 1.807) is 7.11 Å². The molecular formula is C18H22ClNO3. The summed E-state index contributed by atoms with van der Waals surface area (Å²) in [4.78, 5) is 0. The van der Waals surface area contributed by atoms with E-state index in [0.29, 0.717) is 23.1 Å². The van der Waals surface area contributed by atoms with Crippen LogP contribution in [0.3, 0.4) is 0 Å². The quantitative estimate of drug-likeness (QED) is 0.690. The van der Waals surface area contributed by atoms with Crippen LogP contribution in [0, 0.1) is 0 Å². The second-order valence-corrected chi connectivity index (χ2v) is 5.53. The smallest absolute Gasteiger partial charge is 0.161 e. The molecule has 0 spiro atoms. The Labute approximate surface area is 142 Å². The van der Waals surface area contributed by atoms with Crippen LogP contribution in [-0.4, -0.2) is 25.4 Å². The summed E-state index contributed by atoms with van der Waals surface area (Å²) in [7, 11) is 1.63. The predicted octanol–water partition coefficient (Wildman–Crippen LogP) is 3.40. The molecule has 0 heterocycles. The zero-order valence-corrected chi connectivity index (χ0v) is 14.0. The van der Waals surface area contributed by atoms with Crippen molar-refractivity contribution < 1.29 is 14.6 Å². The van der Waals surface area contributed by atoms with Gasteiger partial charge in [-0.2, -0.15) is 0 Å². The maximum absolute atomic E-state index is 8.77. The van der Waals surface area contributed by atoms with Crippen LogP contribution in [0.25, 0.3) is 0 Å². The van der Waals surface area contributed by atoms with Gasteiger partial charge in [0.2, 0.25) is 0 Å². The van der Waals surface area contributed by atoms with Crippen molar-refractivity contribution in [3.8, 4) is 11.5 Å². The second-order valence-electron chi connectivity index (χ2n) is 5.12. The molecular weight excluding hydrogens is 314 g/mol. The first-order valence-corrected chi connectivity index (χ1v) is 7.97. The normalized spacial score (nSPS) is 10.6. The Morgan fingerprint density at radius 3 is 2.70 bits per heavy atom. The number of nitrogens with one attached hydrogen (secondary N) is 1. The maximum atomic E-state index is 8.77. The van der Waals surface area contributed by atoms with Gasteiger partial charge in [0.15, 0.2) is 11.5 Å². The highest BCUT2D eigenvalue weighted by Gasteiger charge is 2.07. The van der Waals surface area contributed by atoms with Crippen molar-refractivity contribution in [2.45, 2.75) is 19.6 Å². The topological polar surface area (TPSA) is 50.7 Å². The zero-order valence-electron chi connectivity index (χ0n) is 13.2. The molecule has 0 amide bonds. The molecule has 2 N–H and O–H groups in total. The average molecular weight is 336 g/mol. The molecule has 0 atom stereocenters. The molecule has 2 rings (SSSR count). The lowest BCUT2D eigenvalue weighted by molar-refractivity contribution is 0.284. The summed E-state index contributed by atoms with van der Waals surface area (Å²) in [6.45, 7) is 2.10. The van der Waals surface area contributed by atoms with E-state index in [2.05, 4.69) is 5.32 Å². The molecule has 23 heavy (non-hydrogen) atoms. The fraction of sp³-hybridized carbons (Fsp3) is 0.333. The maximum Gasteiger partial charge on any atom is 0.161 e. The molecule has 4 nitrogen and oxygen atoms in total. The van der Waals surface area contributed by atoms with E-state index >= 15 is 0 Å². The van der Waals surface area contributed by atoms with Gasteiger partial charge in [0.1, 0.15) is 6.61 Å². The second kappa shape index (κ2) is 9.40. The van der Waals surface area contributed by atoms with Crippen molar-refractivity contribution in [1.29, 1.82) is 0 Å². The predicted molar refractivity (Wildman–Crippen MR) is 92.2 cm³/mol. The molecule has 124 valence electrons. The number of methoxy groups -OCH3 is 1. The average Bonchev–Trinajstić information content (AvgIpc) is 2.58. The van der Waals surface area contributed by atoms with Gasteiger partial charge in [0.25, 0.3) is 0 Å². The van der Waals surface area contributed by atoms with Gasteiger partial charge >= 0.3 is 0 Å². The monoisotopic (exact) mass is 335 g/mol. The standard InChI is InChI=1S/C18H22ClNO3/c1-22-18-11-14(12-20-9-4-10-21)7-8-17(18)23-13-15-5-2-3-6-16(15)19/h2-3,5-8,11,20-21H,4,9-10,12-13H2,1H3. The fourth-order valence-electron chi connectivity index (χ4n) is 2.15. The first-order valence-electron chi connectivity index (χ1n) is 7.59. The first kappa shape index (κ1) is 17.6. The summed E-state index contributed by atoms with van der Waals surface area (Å²) < 4.78 is 11.2. The fourth-order valence-corrected chi connectivity index (χ4v) is 2.34. The van der Waals surface area contributed by atoms with Crippen molar-refractivity contribution in [3.05, 3.63) is 58.6 Å². The van der Waals surface area contributed by atoms with Crippen molar-refractivity contribution in [3.63, 3.8) is 0 Å². The van der Waals surface area contributed by atoms with Crippen LogP contribution in [0.2, 0.25) is 5.02 Å². The summed E-state index contributed by atoms with van der Waals surface area (Å²) in [5, 5.41) is 12.7. The third-order valence-corrected chi connectivity index (χ3v) is 3.78. The highest BCUT2D eigenvalue weighted by Crippen LogP contribution is 2.29. The third-order valence-electron chi connectivity index (χ3n) is 3.41. The number of benzene rings is 2. The lowest BCUT2D eigenvalue weighted by Gasteiger charge is -2.13. The molecule has 2 aromatic rings. The van der Waals surface area contributed by atoms with Gasteiger partial charge in [-0.25, -0.2) is 0 Å². The Kier molecular flexibility index (Phi) is 7.20. The van der Waals surface area contributed by atoms with E-state index < -0.39 is 0 Å². The minimum absolute atomic E-state index is 0.200. The van der Waals surface area contributed by atoms with E-state index in [9.17, 15) is 0 Å². The lowest BCUT2D eigenvalue weighted by Crippen LogP contribution is -2.15. The third kappa shape index (κ3) is 5.43. The van der Waals surface area contributed by atoms with Gasteiger partial charge in [-0.1, -0.05) is 35.9 Å². The van der Waals surface area contributed by atoms with E-state index in [4.69, 9.17) is 26.2 Å². The summed E-state index contributed by atoms with van der Waals surface area (Å²) in [6, 6.07) is 13.5. The highest BCUT2D eigenvalue weighted by molar-refractivity contribution is 6.31. The molecule has 0 saturated heterocycles. The molecule has 0 fully saturated rings.